The molecule has 0 saturated heterocycles. The number of hydrogen-bond acceptors (Lipinski definition) is 1. The van der Waals surface area contributed by atoms with Crippen molar-refractivity contribution in [3.63, 3.8) is 0 Å². The molecule has 0 spiro atoms. The molecule has 0 aliphatic carbocycles. The molecule has 0 aliphatic rings. The van der Waals surface area contributed by atoms with Gasteiger partial charge in [-0.05, 0) is 42.7 Å². The highest BCUT2D eigenvalue weighted by atomic mass is 16.3. The Balaban J connectivity index is 2.80. The summed E-state index contributed by atoms with van der Waals surface area (Å²) in [6, 6.07) is 6.28. The number of aliphatic hydroxyl groups is 1. The van der Waals surface area contributed by atoms with Crippen molar-refractivity contribution in [2.45, 2.75) is 54.1 Å². The molecule has 1 heteroatoms. The molecule has 0 aliphatic heterocycles. The zero-order chi connectivity index (χ0) is 13.2. The normalized spacial score (nSPS) is 15.7. The smallest absolute Gasteiger partial charge is 0.0795 e. The predicted molar refractivity (Wildman–Crippen MR) is 74.1 cm³/mol. The van der Waals surface area contributed by atoms with Crippen LogP contribution in [-0.4, -0.2) is 5.11 Å². The highest BCUT2D eigenvalue weighted by Gasteiger charge is 2.23. The Morgan fingerprint density at radius 2 is 1.76 bits per heavy atom. The number of aryl methyl sites for hydroxylation is 2. The molecule has 17 heavy (non-hydrogen) atoms. The van der Waals surface area contributed by atoms with Gasteiger partial charge in [0.2, 0.25) is 0 Å². The van der Waals surface area contributed by atoms with Crippen LogP contribution in [0.5, 0.6) is 0 Å². The summed E-state index contributed by atoms with van der Waals surface area (Å²) in [6.07, 6.45) is 0.484. The molecule has 1 rings (SSSR count). The van der Waals surface area contributed by atoms with Crippen LogP contribution in [0.25, 0.3) is 0 Å². The van der Waals surface area contributed by atoms with Gasteiger partial charge < -0.3 is 5.11 Å². The van der Waals surface area contributed by atoms with Crippen LogP contribution in [0.4, 0.5) is 0 Å². The van der Waals surface area contributed by atoms with E-state index in [2.05, 4.69) is 59.7 Å². The average Bonchev–Trinajstić information content (AvgIpc) is 2.15. The highest BCUT2D eigenvalue weighted by Crippen LogP contribution is 2.34. The molecule has 0 aromatic heterocycles. The van der Waals surface area contributed by atoms with Gasteiger partial charge in [-0.25, -0.2) is 0 Å². The maximum Gasteiger partial charge on any atom is 0.0795 e. The van der Waals surface area contributed by atoms with E-state index < -0.39 is 0 Å². The van der Waals surface area contributed by atoms with E-state index in [4.69, 9.17) is 0 Å². The van der Waals surface area contributed by atoms with Gasteiger partial charge in [-0.1, -0.05) is 51.5 Å². The molecular weight excluding hydrogens is 208 g/mol. The molecule has 1 aromatic rings. The van der Waals surface area contributed by atoms with Gasteiger partial charge in [-0.2, -0.15) is 0 Å². The number of benzene rings is 1. The van der Waals surface area contributed by atoms with E-state index in [0.29, 0.717) is 5.92 Å². The van der Waals surface area contributed by atoms with Gasteiger partial charge in [0.25, 0.3) is 0 Å². The fourth-order valence-corrected chi connectivity index (χ4v) is 2.01. The maximum absolute atomic E-state index is 10.3. The molecule has 0 bridgehead atoms. The average molecular weight is 234 g/mol. The molecule has 2 unspecified atom stereocenters. The van der Waals surface area contributed by atoms with Gasteiger partial charge >= 0.3 is 0 Å². The number of aliphatic hydroxyl groups excluding tert-OH is 1. The van der Waals surface area contributed by atoms with Crippen molar-refractivity contribution in [2.75, 3.05) is 0 Å². The van der Waals surface area contributed by atoms with E-state index in [9.17, 15) is 5.11 Å². The van der Waals surface area contributed by atoms with E-state index in [1.54, 1.807) is 0 Å². The molecule has 0 saturated carbocycles. The second-order valence-corrected chi connectivity index (χ2v) is 6.38. The van der Waals surface area contributed by atoms with Crippen molar-refractivity contribution in [1.82, 2.24) is 0 Å². The van der Waals surface area contributed by atoms with Crippen molar-refractivity contribution in [1.29, 1.82) is 0 Å². The van der Waals surface area contributed by atoms with Crippen LogP contribution in [0.1, 0.15) is 56.9 Å². The summed E-state index contributed by atoms with van der Waals surface area (Å²) in [4.78, 5) is 0. The minimum atomic E-state index is -0.343. The summed E-state index contributed by atoms with van der Waals surface area (Å²) in [7, 11) is 0. The SMILES string of the molecule is Cc1ccc(C(O)CC(C)C(C)(C)C)c(C)c1. The van der Waals surface area contributed by atoms with Crippen LogP contribution < -0.4 is 0 Å². The largest absolute Gasteiger partial charge is 0.388 e. The first-order valence-electron chi connectivity index (χ1n) is 6.47. The third-order valence-corrected chi connectivity index (χ3v) is 3.84. The Hall–Kier alpha value is -0.820. The zero-order valence-electron chi connectivity index (χ0n) is 12.0. The lowest BCUT2D eigenvalue weighted by molar-refractivity contribution is 0.110. The van der Waals surface area contributed by atoms with Gasteiger partial charge in [-0.15, -0.1) is 0 Å². The molecule has 0 heterocycles. The molecule has 1 N–H and O–H groups in total. The summed E-state index contributed by atoms with van der Waals surface area (Å²) in [5, 5.41) is 10.3. The number of rotatable bonds is 3. The standard InChI is InChI=1S/C16H26O/c1-11-7-8-14(12(2)9-11)15(17)10-13(3)16(4,5)6/h7-9,13,15,17H,10H2,1-6H3. The van der Waals surface area contributed by atoms with Crippen LogP contribution in [-0.2, 0) is 0 Å². The van der Waals surface area contributed by atoms with Gasteiger partial charge in [-0.3, -0.25) is 0 Å². The predicted octanol–water partition coefficient (Wildman–Crippen LogP) is 4.41. The Morgan fingerprint density at radius 3 is 2.24 bits per heavy atom. The van der Waals surface area contributed by atoms with Gasteiger partial charge in [0.1, 0.15) is 0 Å². The first kappa shape index (κ1) is 14.2. The van der Waals surface area contributed by atoms with Crippen LogP contribution >= 0.6 is 0 Å². The molecule has 96 valence electrons. The summed E-state index contributed by atoms with van der Waals surface area (Å²) in [6.45, 7) is 13.1. The minimum Gasteiger partial charge on any atom is -0.388 e. The molecule has 0 fully saturated rings. The van der Waals surface area contributed by atoms with E-state index in [1.165, 1.54) is 11.1 Å². The van der Waals surface area contributed by atoms with E-state index in [-0.39, 0.29) is 11.5 Å². The van der Waals surface area contributed by atoms with E-state index >= 15 is 0 Å². The molecule has 0 amide bonds. The Bertz CT molecular complexity index is 374. The Kier molecular flexibility index (Phi) is 4.37. The Labute approximate surface area is 106 Å². The van der Waals surface area contributed by atoms with E-state index in [0.717, 1.165) is 12.0 Å². The monoisotopic (exact) mass is 234 g/mol. The fourth-order valence-electron chi connectivity index (χ4n) is 2.01. The van der Waals surface area contributed by atoms with Gasteiger partial charge in [0.15, 0.2) is 0 Å². The van der Waals surface area contributed by atoms with Crippen molar-refractivity contribution in [3.05, 3.63) is 34.9 Å². The van der Waals surface area contributed by atoms with Crippen molar-refractivity contribution in [2.24, 2.45) is 11.3 Å². The summed E-state index contributed by atoms with van der Waals surface area (Å²) < 4.78 is 0. The Morgan fingerprint density at radius 1 is 1.18 bits per heavy atom. The van der Waals surface area contributed by atoms with Crippen molar-refractivity contribution < 1.29 is 5.11 Å². The topological polar surface area (TPSA) is 20.2 Å². The zero-order valence-corrected chi connectivity index (χ0v) is 12.0. The molecule has 1 nitrogen and oxygen atoms in total. The van der Waals surface area contributed by atoms with Crippen LogP contribution in [0.15, 0.2) is 18.2 Å². The van der Waals surface area contributed by atoms with Crippen LogP contribution in [0.3, 0.4) is 0 Å². The lowest BCUT2D eigenvalue weighted by atomic mass is 9.78. The molecular formula is C16H26O. The van der Waals surface area contributed by atoms with Crippen LogP contribution in [0.2, 0.25) is 0 Å². The van der Waals surface area contributed by atoms with Gasteiger partial charge in [0, 0.05) is 0 Å². The van der Waals surface area contributed by atoms with E-state index in [1.807, 2.05) is 0 Å². The summed E-state index contributed by atoms with van der Waals surface area (Å²) >= 11 is 0. The van der Waals surface area contributed by atoms with Gasteiger partial charge in [0.05, 0.1) is 6.10 Å². The second kappa shape index (κ2) is 5.22. The quantitative estimate of drug-likeness (QED) is 0.821. The minimum absolute atomic E-state index is 0.250. The lowest BCUT2D eigenvalue weighted by Crippen LogP contribution is -2.20. The first-order chi connectivity index (χ1) is 7.71. The molecule has 0 radical (unpaired) electrons. The van der Waals surface area contributed by atoms with Crippen molar-refractivity contribution in [3.8, 4) is 0 Å². The third kappa shape index (κ3) is 3.85. The van der Waals surface area contributed by atoms with Crippen LogP contribution in [0, 0.1) is 25.2 Å². The number of hydrogen-bond donors (Lipinski definition) is 1. The maximum atomic E-state index is 10.3. The molecule has 1 aromatic carbocycles. The fraction of sp³-hybridized carbons (Fsp3) is 0.625. The second-order valence-electron chi connectivity index (χ2n) is 6.38. The van der Waals surface area contributed by atoms with Crippen molar-refractivity contribution >= 4 is 0 Å². The molecule has 2 atom stereocenters. The first-order valence-corrected chi connectivity index (χ1v) is 6.47. The lowest BCUT2D eigenvalue weighted by Gasteiger charge is -2.29. The highest BCUT2D eigenvalue weighted by molar-refractivity contribution is 5.31. The third-order valence-electron chi connectivity index (χ3n) is 3.84. The summed E-state index contributed by atoms with van der Waals surface area (Å²) in [5.74, 6) is 0.498. The summed E-state index contributed by atoms with van der Waals surface area (Å²) in [5.41, 5.74) is 3.77.